The van der Waals surface area contributed by atoms with E-state index in [0.29, 0.717) is 11.2 Å². The van der Waals surface area contributed by atoms with Crippen molar-refractivity contribution in [2.45, 2.75) is 58.4 Å². The first-order valence-electron chi connectivity index (χ1n) is 12.4. The van der Waals surface area contributed by atoms with Gasteiger partial charge in [0.2, 0.25) is 5.95 Å². The van der Waals surface area contributed by atoms with E-state index < -0.39 is 5.69 Å². The largest absolute Gasteiger partial charge is 0.368 e. The van der Waals surface area contributed by atoms with E-state index in [4.69, 9.17) is 16.6 Å². The molecular formula is C25H35ClN6O2. The third-order valence-corrected chi connectivity index (χ3v) is 6.94. The van der Waals surface area contributed by atoms with Crippen molar-refractivity contribution in [3.05, 3.63) is 50.1 Å². The molecule has 0 unspecified atom stereocenters. The minimum atomic E-state index is -0.435. The van der Waals surface area contributed by atoms with Crippen molar-refractivity contribution in [1.82, 2.24) is 19.1 Å². The van der Waals surface area contributed by atoms with Crippen LogP contribution in [0.1, 0.15) is 51.9 Å². The molecule has 0 radical (unpaired) electrons. The van der Waals surface area contributed by atoms with E-state index in [2.05, 4.69) is 27.8 Å². The minimum Gasteiger partial charge on any atom is -0.368 e. The lowest BCUT2D eigenvalue weighted by Crippen LogP contribution is -2.47. The van der Waals surface area contributed by atoms with E-state index >= 15 is 0 Å². The quantitative estimate of drug-likeness (QED) is 0.435. The lowest BCUT2D eigenvalue weighted by molar-refractivity contribution is 0.546. The zero-order chi connectivity index (χ0) is 24.1. The molecule has 34 heavy (non-hydrogen) atoms. The van der Waals surface area contributed by atoms with Crippen LogP contribution in [0.15, 0.2) is 33.9 Å². The SMILES string of the molecule is CCCCCCCCCn1c(N2CCN(c3cccc(Cl)c3)CC2)nc2c1c(=O)[nH]c(=O)n2C. The number of piperazine rings is 1. The molecule has 0 atom stereocenters. The normalized spacial score (nSPS) is 14.3. The number of halogens is 1. The van der Waals surface area contributed by atoms with Crippen LogP contribution in [0.2, 0.25) is 5.02 Å². The highest BCUT2D eigenvalue weighted by atomic mass is 35.5. The Hall–Kier alpha value is -2.74. The fraction of sp³-hybridized carbons (Fsp3) is 0.560. The predicted molar refractivity (Wildman–Crippen MR) is 139 cm³/mol. The molecule has 3 heterocycles. The van der Waals surface area contributed by atoms with Gasteiger partial charge >= 0.3 is 5.69 Å². The Bertz CT molecular complexity index is 1220. The highest BCUT2D eigenvalue weighted by Crippen LogP contribution is 2.25. The maximum atomic E-state index is 12.8. The van der Waals surface area contributed by atoms with Crippen molar-refractivity contribution in [3.63, 3.8) is 0 Å². The summed E-state index contributed by atoms with van der Waals surface area (Å²) in [6, 6.07) is 7.92. The number of unbranched alkanes of at least 4 members (excludes halogenated alkanes) is 6. The molecule has 9 heteroatoms. The summed E-state index contributed by atoms with van der Waals surface area (Å²) in [6.07, 6.45) is 8.39. The molecule has 2 aromatic heterocycles. The average molecular weight is 487 g/mol. The molecule has 3 aromatic rings. The summed E-state index contributed by atoms with van der Waals surface area (Å²) < 4.78 is 3.46. The molecule has 0 spiro atoms. The number of imidazole rings is 1. The summed E-state index contributed by atoms with van der Waals surface area (Å²) in [5, 5.41) is 0.733. The van der Waals surface area contributed by atoms with Crippen LogP contribution in [-0.4, -0.2) is 45.3 Å². The van der Waals surface area contributed by atoms with Gasteiger partial charge in [0, 0.05) is 50.5 Å². The Labute approximate surface area is 205 Å². The molecule has 1 aromatic carbocycles. The molecular weight excluding hydrogens is 452 g/mol. The van der Waals surface area contributed by atoms with Crippen LogP contribution in [-0.2, 0) is 13.6 Å². The molecule has 184 valence electrons. The molecule has 8 nitrogen and oxygen atoms in total. The fourth-order valence-electron chi connectivity index (χ4n) is 4.74. The van der Waals surface area contributed by atoms with Crippen molar-refractivity contribution in [3.8, 4) is 0 Å². The molecule has 1 N–H and O–H groups in total. The summed E-state index contributed by atoms with van der Waals surface area (Å²) >= 11 is 6.18. The van der Waals surface area contributed by atoms with E-state index in [1.54, 1.807) is 7.05 Å². The summed E-state index contributed by atoms with van der Waals surface area (Å²) in [7, 11) is 1.66. The van der Waals surface area contributed by atoms with Gasteiger partial charge in [-0.15, -0.1) is 0 Å². The number of fused-ring (bicyclic) bond motifs is 1. The Morgan fingerprint density at radius 2 is 1.65 bits per heavy atom. The zero-order valence-corrected chi connectivity index (χ0v) is 21.0. The van der Waals surface area contributed by atoms with Gasteiger partial charge in [0.15, 0.2) is 11.2 Å². The van der Waals surface area contributed by atoms with E-state index in [1.807, 2.05) is 22.8 Å². The number of anilines is 2. The van der Waals surface area contributed by atoms with Gasteiger partial charge in [-0.25, -0.2) is 4.79 Å². The van der Waals surface area contributed by atoms with Crippen LogP contribution in [0.3, 0.4) is 0 Å². The number of rotatable bonds is 10. The first-order valence-corrected chi connectivity index (χ1v) is 12.8. The molecule has 4 rings (SSSR count). The monoisotopic (exact) mass is 486 g/mol. The lowest BCUT2D eigenvalue weighted by atomic mass is 10.1. The summed E-state index contributed by atoms with van der Waals surface area (Å²) in [5.74, 6) is 0.776. The van der Waals surface area contributed by atoms with Crippen LogP contribution in [0, 0.1) is 0 Å². The number of H-pyrrole nitrogens is 1. The summed E-state index contributed by atoms with van der Waals surface area (Å²) in [4.78, 5) is 36.8. The number of hydrogen-bond acceptors (Lipinski definition) is 5. The lowest BCUT2D eigenvalue weighted by Gasteiger charge is -2.36. The van der Waals surface area contributed by atoms with E-state index in [-0.39, 0.29) is 5.56 Å². The van der Waals surface area contributed by atoms with Crippen LogP contribution in [0.5, 0.6) is 0 Å². The predicted octanol–water partition coefficient (Wildman–Crippen LogP) is 4.15. The van der Waals surface area contributed by atoms with E-state index in [1.165, 1.54) is 36.7 Å². The van der Waals surface area contributed by atoms with E-state index in [0.717, 1.165) is 62.2 Å². The smallest absolute Gasteiger partial charge is 0.329 e. The standard InChI is InChI=1S/C25H35ClN6O2/c1-3-4-5-6-7-8-9-13-32-21-22(29(2)25(34)28-23(21)33)27-24(32)31-16-14-30(15-17-31)20-12-10-11-19(26)18-20/h10-12,18H,3-9,13-17H2,1-2H3,(H,28,33,34). The number of hydrogen-bond donors (Lipinski definition) is 1. The Kier molecular flexibility index (Phi) is 7.98. The third kappa shape index (κ3) is 5.32. The van der Waals surface area contributed by atoms with Crippen molar-refractivity contribution < 1.29 is 0 Å². The van der Waals surface area contributed by atoms with Gasteiger partial charge in [0.05, 0.1) is 0 Å². The molecule has 0 saturated carbocycles. The summed E-state index contributed by atoms with van der Waals surface area (Å²) in [6.45, 7) is 6.16. The minimum absolute atomic E-state index is 0.364. The van der Waals surface area contributed by atoms with Crippen molar-refractivity contribution in [2.75, 3.05) is 36.0 Å². The molecule has 0 amide bonds. The Balaban J connectivity index is 1.53. The first kappa shape index (κ1) is 24.4. The molecule has 0 aliphatic carbocycles. The van der Waals surface area contributed by atoms with Crippen molar-refractivity contribution in [1.29, 1.82) is 0 Å². The van der Waals surface area contributed by atoms with Crippen LogP contribution < -0.4 is 21.0 Å². The van der Waals surface area contributed by atoms with Crippen LogP contribution >= 0.6 is 11.6 Å². The van der Waals surface area contributed by atoms with Crippen LogP contribution in [0.4, 0.5) is 11.6 Å². The number of nitrogens with one attached hydrogen (secondary N) is 1. The second-order valence-electron chi connectivity index (χ2n) is 9.13. The zero-order valence-electron chi connectivity index (χ0n) is 20.2. The fourth-order valence-corrected chi connectivity index (χ4v) is 4.93. The number of benzene rings is 1. The van der Waals surface area contributed by atoms with Gasteiger partial charge in [0.25, 0.3) is 5.56 Å². The Morgan fingerprint density at radius 3 is 2.35 bits per heavy atom. The maximum Gasteiger partial charge on any atom is 0.329 e. The molecule has 1 aliphatic rings. The van der Waals surface area contributed by atoms with Gasteiger partial charge < -0.3 is 14.4 Å². The number of aryl methyl sites for hydroxylation is 2. The molecule has 0 bridgehead atoms. The number of aromatic nitrogens is 4. The van der Waals surface area contributed by atoms with Gasteiger partial charge in [-0.2, -0.15) is 4.98 Å². The number of nitrogens with zero attached hydrogens (tertiary/aromatic N) is 5. The summed E-state index contributed by atoms with van der Waals surface area (Å²) in [5.41, 5.74) is 1.25. The van der Waals surface area contributed by atoms with Crippen LogP contribution in [0.25, 0.3) is 11.2 Å². The topological polar surface area (TPSA) is 79.2 Å². The van der Waals surface area contributed by atoms with Crippen molar-refractivity contribution >= 4 is 34.4 Å². The van der Waals surface area contributed by atoms with E-state index in [9.17, 15) is 9.59 Å². The van der Waals surface area contributed by atoms with Gasteiger partial charge in [-0.3, -0.25) is 14.3 Å². The van der Waals surface area contributed by atoms with Gasteiger partial charge in [-0.05, 0) is 24.6 Å². The van der Waals surface area contributed by atoms with Gasteiger partial charge in [0.1, 0.15) is 0 Å². The molecule has 1 aliphatic heterocycles. The van der Waals surface area contributed by atoms with Gasteiger partial charge in [-0.1, -0.05) is 63.1 Å². The highest BCUT2D eigenvalue weighted by Gasteiger charge is 2.25. The molecule has 1 saturated heterocycles. The first-order chi connectivity index (χ1) is 16.5. The Morgan fingerprint density at radius 1 is 0.971 bits per heavy atom. The second-order valence-corrected chi connectivity index (χ2v) is 9.57. The maximum absolute atomic E-state index is 12.8. The van der Waals surface area contributed by atoms with Crippen molar-refractivity contribution in [2.24, 2.45) is 7.05 Å². The second kappa shape index (κ2) is 11.1. The third-order valence-electron chi connectivity index (χ3n) is 6.71. The molecule has 1 fully saturated rings. The number of aromatic amines is 1. The highest BCUT2D eigenvalue weighted by molar-refractivity contribution is 6.30. The average Bonchev–Trinajstić information content (AvgIpc) is 3.22.